The molecule has 0 spiro atoms. The Kier molecular flexibility index (Phi) is 31.4. The SMILES string of the molecule is CCCC/C=C\C/C=C\CCCCCCCCOCC(COC1OC(COC2OC(CO)C(O)C(O)C2O)C(O)C(O)C1O)OC(=O)CCCCCCC/C=C\CCCC. The van der Waals surface area contributed by atoms with E-state index in [1.807, 2.05) is 0 Å². The second-order valence-corrected chi connectivity index (χ2v) is 16.2. The van der Waals surface area contributed by atoms with Crippen LogP contribution < -0.4 is 0 Å². The monoisotopic (exact) mass is 859 g/mol. The Balaban J connectivity index is 1.82. The van der Waals surface area contributed by atoms with Gasteiger partial charge in [0.1, 0.15) is 54.9 Å². The van der Waals surface area contributed by atoms with Gasteiger partial charge in [-0.05, 0) is 57.8 Å². The summed E-state index contributed by atoms with van der Waals surface area (Å²) in [7, 11) is 0. The molecule has 0 aromatic rings. The minimum atomic E-state index is -1.71. The van der Waals surface area contributed by atoms with Gasteiger partial charge in [-0.3, -0.25) is 4.79 Å². The van der Waals surface area contributed by atoms with Gasteiger partial charge in [0.25, 0.3) is 0 Å². The van der Waals surface area contributed by atoms with Gasteiger partial charge in [-0.2, -0.15) is 0 Å². The Morgan fingerprint density at radius 2 is 1.03 bits per heavy atom. The van der Waals surface area contributed by atoms with E-state index in [4.69, 9.17) is 28.4 Å². The number of ether oxygens (including phenoxy) is 6. The van der Waals surface area contributed by atoms with Gasteiger partial charge in [-0.1, -0.05) is 121 Å². The number of hydrogen-bond acceptors (Lipinski definition) is 14. The van der Waals surface area contributed by atoms with Crippen LogP contribution in [-0.2, 0) is 33.2 Å². The van der Waals surface area contributed by atoms with Gasteiger partial charge in [0.15, 0.2) is 12.6 Å². The third kappa shape index (κ3) is 23.1. The number of carbonyl (C=O) groups excluding carboxylic acids is 1. The molecule has 0 radical (unpaired) electrons. The zero-order valence-electron chi connectivity index (χ0n) is 36.7. The fourth-order valence-corrected chi connectivity index (χ4v) is 6.99. The van der Waals surface area contributed by atoms with Crippen molar-refractivity contribution in [3.05, 3.63) is 36.5 Å². The van der Waals surface area contributed by atoms with Crippen molar-refractivity contribution in [1.29, 1.82) is 0 Å². The number of carbonyl (C=O) groups is 1. The van der Waals surface area contributed by atoms with E-state index in [0.29, 0.717) is 13.0 Å². The summed E-state index contributed by atoms with van der Waals surface area (Å²) in [5.74, 6) is -0.393. The summed E-state index contributed by atoms with van der Waals surface area (Å²) >= 11 is 0. The summed E-state index contributed by atoms with van der Waals surface area (Å²) in [4.78, 5) is 12.9. The number of aliphatic hydroxyl groups is 7. The first-order valence-corrected chi connectivity index (χ1v) is 23.1. The van der Waals surface area contributed by atoms with Crippen LogP contribution in [0.2, 0.25) is 0 Å². The average molecular weight is 859 g/mol. The molecule has 14 nitrogen and oxygen atoms in total. The number of allylic oxidation sites excluding steroid dienone is 6. The molecule has 7 N–H and O–H groups in total. The molecule has 0 amide bonds. The highest BCUT2D eigenvalue weighted by Gasteiger charge is 2.47. The minimum absolute atomic E-state index is 0.0509. The molecule has 11 atom stereocenters. The fourth-order valence-electron chi connectivity index (χ4n) is 6.99. The molecule has 2 aliphatic heterocycles. The van der Waals surface area contributed by atoms with Crippen molar-refractivity contribution in [2.24, 2.45) is 0 Å². The lowest BCUT2D eigenvalue weighted by Crippen LogP contribution is -2.61. The number of rotatable bonds is 35. The zero-order valence-corrected chi connectivity index (χ0v) is 36.7. The molecule has 0 aromatic heterocycles. The van der Waals surface area contributed by atoms with Crippen molar-refractivity contribution in [3.8, 4) is 0 Å². The normalized spacial score (nSPS) is 28.0. The van der Waals surface area contributed by atoms with E-state index in [9.17, 15) is 40.5 Å². The Labute approximate surface area is 359 Å². The summed E-state index contributed by atoms with van der Waals surface area (Å²) < 4.78 is 34.1. The number of unbranched alkanes of at least 4 members (excludes halogenated alkanes) is 15. The molecule has 2 heterocycles. The third-order valence-electron chi connectivity index (χ3n) is 10.9. The Morgan fingerprint density at radius 1 is 0.550 bits per heavy atom. The van der Waals surface area contributed by atoms with Crippen LogP contribution in [0.25, 0.3) is 0 Å². The van der Waals surface area contributed by atoms with Crippen LogP contribution in [0.3, 0.4) is 0 Å². The van der Waals surface area contributed by atoms with Crippen LogP contribution in [0.15, 0.2) is 36.5 Å². The van der Waals surface area contributed by atoms with E-state index in [1.165, 1.54) is 38.5 Å². The molecule has 2 rings (SSSR count). The summed E-state index contributed by atoms with van der Waals surface area (Å²) in [6, 6.07) is 0. The Morgan fingerprint density at radius 3 is 1.62 bits per heavy atom. The number of esters is 1. The molecular weight excluding hydrogens is 776 g/mol. The maximum atomic E-state index is 12.9. The maximum Gasteiger partial charge on any atom is 0.306 e. The van der Waals surface area contributed by atoms with Crippen LogP contribution in [-0.4, -0.2) is 142 Å². The van der Waals surface area contributed by atoms with Crippen molar-refractivity contribution in [2.45, 2.75) is 216 Å². The summed E-state index contributed by atoms with van der Waals surface area (Å²) in [6.07, 6.45) is 19.3. The molecule has 2 fully saturated rings. The summed E-state index contributed by atoms with van der Waals surface area (Å²) in [5, 5.41) is 71.9. The second kappa shape index (κ2) is 34.7. The summed E-state index contributed by atoms with van der Waals surface area (Å²) in [6.45, 7) is 3.55. The molecule has 0 aromatic carbocycles. The fraction of sp³-hybridized carbons (Fsp3) is 0.848. The first kappa shape index (κ1) is 54.3. The zero-order chi connectivity index (χ0) is 43.8. The maximum absolute atomic E-state index is 12.9. The first-order chi connectivity index (χ1) is 29.1. The molecule has 0 aliphatic carbocycles. The molecular formula is C46H82O14. The van der Waals surface area contributed by atoms with Gasteiger partial charge in [0.2, 0.25) is 0 Å². The molecule has 60 heavy (non-hydrogen) atoms. The highest BCUT2D eigenvalue weighted by Crippen LogP contribution is 2.26. The standard InChI is InChI=1S/C46H82O14/c1-3-5-7-9-11-13-15-16-17-18-20-22-24-26-28-30-55-32-35(58-38(48)29-27-25-23-21-19-14-12-10-8-6-4-2)33-56-45-44(54)42(52)40(50)37(60-45)34-57-46-43(53)41(51)39(49)36(31-47)59-46/h9-12,15-16,35-37,39-47,49-54H,3-8,13-14,17-34H2,1-2H3/b11-9-,12-10-,16-15-. The average Bonchev–Trinajstić information content (AvgIpc) is 3.24. The van der Waals surface area contributed by atoms with Crippen molar-refractivity contribution in [3.63, 3.8) is 0 Å². The molecule has 350 valence electrons. The van der Waals surface area contributed by atoms with E-state index in [0.717, 1.165) is 83.5 Å². The highest BCUT2D eigenvalue weighted by molar-refractivity contribution is 5.69. The predicted octanol–water partition coefficient (Wildman–Crippen LogP) is 5.46. The van der Waals surface area contributed by atoms with Gasteiger partial charge in [-0.25, -0.2) is 0 Å². The van der Waals surface area contributed by atoms with Gasteiger partial charge in [0, 0.05) is 13.0 Å². The van der Waals surface area contributed by atoms with Crippen molar-refractivity contribution >= 4 is 5.97 Å². The highest BCUT2D eigenvalue weighted by atomic mass is 16.7. The van der Waals surface area contributed by atoms with Crippen LogP contribution in [0, 0.1) is 0 Å². The lowest BCUT2D eigenvalue weighted by Gasteiger charge is -2.42. The summed E-state index contributed by atoms with van der Waals surface area (Å²) in [5.41, 5.74) is 0. The van der Waals surface area contributed by atoms with E-state index < -0.39 is 86.7 Å². The van der Waals surface area contributed by atoms with Crippen LogP contribution in [0.5, 0.6) is 0 Å². The van der Waals surface area contributed by atoms with Gasteiger partial charge >= 0.3 is 5.97 Å². The van der Waals surface area contributed by atoms with E-state index in [1.54, 1.807) is 0 Å². The van der Waals surface area contributed by atoms with E-state index in [2.05, 4.69) is 50.3 Å². The van der Waals surface area contributed by atoms with Crippen molar-refractivity contribution < 1.29 is 69.0 Å². The van der Waals surface area contributed by atoms with E-state index >= 15 is 0 Å². The smallest absolute Gasteiger partial charge is 0.306 e. The van der Waals surface area contributed by atoms with Crippen molar-refractivity contribution in [1.82, 2.24) is 0 Å². The van der Waals surface area contributed by atoms with E-state index in [-0.39, 0.29) is 19.6 Å². The second-order valence-electron chi connectivity index (χ2n) is 16.2. The molecule has 2 saturated heterocycles. The molecule has 2 aliphatic rings. The Hall–Kier alpha value is -1.79. The number of aliphatic hydroxyl groups excluding tert-OH is 7. The van der Waals surface area contributed by atoms with Gasteiger partial charge in [-0.15, -0.1) is 0 Å². The van der Waals surface area contributed by atoms with Crippen LogP contribution in [0.1, 0.15) is 149 Å². The molecule has 0 bridgehead atoms. The van der Waals surface area contributed by atoms with Crippen LogP contribution in [0.4, 0.5) is 0 Å². The first-order valence-electron chi connectivity index (χ1n) is 23.1. The van der Waals surface area contributed by atoms with Crippen molar-refractivity contribution in [2.75, 3.05) is 33.0 Å². The molecule has 0 saturated carbocycles. The predicted molar refractivity (Wildman–Crippen MR) is 229 cm³/mol. The van der Waals surface area contributed by atoms with Gasteiger partial charge in [0.05, 0.1) is 26.4 Å². The minimum Gasteiger partial charge on any atom is -0.457 e. The largest absolute Gasteiger partial charge is 0.457 e. The Bertz CT molecular complexity index is 1130. The van der Waals surface area contributed by atoms with Crippen LogP contribution >= 0.6 is 0 Å². The lowest BCUT2D eigenvalue weighted by atomic mass is 9.98. The third-order valence-corrected chi connectivity index (χ3v) is 10.9. The lowest BCUT2D eigenvalue weighted by molar-refractivity contribution is -0.332. The van der Waals surface area contributed by atoms with Gasteiger partial charge < -0.3 is 64.2 Å². The number of hydrogen-bond donors (Lipinski definition) is 7. The quantitative estimate of drug-likeness (QED) is 0.0240. The topological polar surface area (TPSA) is 214 Å². The molecule has 14 heteroatoms. The molecule has 11 unspecified atom stereocenters.